The number of nitrogens with zero attached hydrogens (tertiary/aromatic N) is 2. The summed E-state index contributed by atoms with van der Waals surface area (Å²) < 4.78 is 11.0. The molecule has 0 spiro atoms. The number of carboxylic acids is 1. The topological polar surface area (TPSA) is 118 Å². The summed E-state index contributed by atoms with van der Waals surface area (Å²) in [4.78, 5) is 42.7. The number of ether oxygens (including phenoxy) is 2. The standard InChI is InChI=1S/C26H27N3O6S/c1-15(30)29-14-36-13-21(29)25(31)28-20(26(32)33)12-16-7-9-18-17(11-16)8-10-19(27-18)24-22(34-2)5-4-6-23(24)35-3/h4-11,20-21H,12-14H2,1-3H3,(H,28,31)(H,32,33)/t20-,21+/m1/s1. The Bertz CT molecular complexity index is 1290. The summed E-state index contributed by atoms with van der Waals surface area (Å²) >= 11 is 1.47. The minimum Gasteiger partial charge on any atom is -0.496 e. The molecule has 2 aromatic carbocycles. The van der Waals surface area contributed by atoms with Crippen molar-refractivity contribution in [2.75, 3.05) is 25.8 Å². The number of benzene rings is 2. The average Bonchev–Trinajstić information content (AvgIpc) is 3.38. The normalized spacial score (nSPS) is 16.0. The number of carbonyl (C=O) groups excluding carboxylic acids is 2. The molecule has 9 nitrogen and oxygen atoms in total. The number of rotatable bonds is 8. The van der Waals surface area contributed by atoms with E-state index in [0.717, 1.165) is 22.0 Å². The highest BCUT2D eigenvalue weighted by atomic mass is 32.2. The fraction of sp³-hybridized carbons (Fsp3) is 0.308. The third kappa shape index (κ3) is 5.23. The van der Waals surface area contributed by atoms with Crippen LogP contribution in [0.4, 0.5) is 0 Å². The van der Waals surface area contributed by atoms with Crippen molar-refractivity contribution in [2.24, 2.45) is 0 Å². The first-order chi connectivity index (χ1) is 17.3. The van der Waals surface area contributed by atoms with Crippen LogP contribution in [0.5, 0.6) is 11.5 Å². The first-order valence-corrected chi connectivity index (χ1v) is 12.5. The number of amides is 2. The van der Waals surface area contributed by atoms with Gasteiger partial charge in [-0.3, -0.25) is 9.59 Å². The van der Waals surface area contributed by atoms with Crippen LogP contribution in [0.15, 0.2) is 48.5 Å². The van der Waals surface area contributed by atoms with Crippen LogP contribution in [0, 0.1) is 0 Å². The van der Waals surface area contributed by atoms with Gasteiger partial charge in [0.25, 0.3) is 0 Å². The molecule has 1 fully saturated rings. The maximum absolute atomic E-state index is 12.7. The van der Waals surface area contributed by atoms with Crippen LogP contribution in [0.3, 0.4) is 0 Å². The zero-order valence-corrected chi connectivity index (χ0v) is 21.0. The van der Waals surface area contributed by atoms with Crippen LogP contribution >= 0.6 is 11.8 Å². The zero-order chi connectivity index (χ0) is 25.8. The molecule has 0 radical (unpaired) electrons. The van der Waals surface area contributed by atoms with Crippen molar-refractivity contribution in [2.45, 2.75) is 25.4 Å². The molecule has 4 rings (SSSR count). The number of aromatic nitrogens is 1. The Kier molecular flexibility index (Phi) is 7.64. The van der Waals surface area contributed by atoms with Crippen LogP contribution in [0.1, 0.15) is 12.5 Å². The Morgan fingerprint density at radius 1 is 1.14 bits per heavy atom. The van der Waals surface area contributed by atoms with Crippen molar-refractivity contribution in [3.05, 3.63) is 54.1 Å². The lowest BCUT2D eigenvalue weighted by Gasteiger charge is -2.23. The number of hydrogen-bond donors (Lipinski definition) is 2. The SMILES string of the molecule is COc1cccc(OC)c1-c1ccc2cc(C[C@@H](NC(=O)[C@@H]3CSCN3C(C)=O)C(=O)O)ccc2n1. The van der Waals surface area contributed by atoms with Gasteiger partial charge in [0.1, 0.15) is 23.6 Å². The van der Waals surface area contributed by atoms with Crippen molar-refractivity contribution < 1.29 is 29.0 Å². The van der Waals surface area contributed by atoms with E-state index in [1.165, 1.54) is 23.6 Å². The van der Waals surface area contributed by atoms with Gasteiger partial charge >= 0.3 is 5.97 Å². The van der Waals surface area contributed by atoms with Crippen LogP contribution in [-0.2, 0) is 20.8 Å². The third-order valence-corrected chi connectivity index (χ3v) is 7.09. The molecule has 1 aromatic heterocycles. The number of thioether (sulfide) groups is 1. The molecule has 0 aliphatic carbocycles. The lowest BCUT2D eigenvalue weighted by atomic mass is 10.0. The van der Waals surface area contributed by atoms with E-state index >= 15 is 0 Å². The van der Waals surface area contributed by atoms with E-state index in [4.69, 9.17) is 14.5 Å². The van der Waals surface area contributed by atoms with E-state index in [1.54, 1.807) is 20.3 Å². The second kappa shape index (κ2) is 10.9. The Balaban J connectivity index is 1.56. The Morgan fingerprint density at radius 3 is 2.50 bits per heavy atom. The fourth-order valence-electron chi connectivity index (χ4n) is 4.22. The molecule has 2 heterocycles. The van der Waals surface area contributed by atoms with Gasteiger partial charge in [-0.1, -0.05) is 18.2 Å². The summed E-state index contributed by atoms with van der Waals surface area (Å²) in [6.07, 6.45) is 0.0963. The lowest BCUT2D eigenvalue weighted by Crippen LogP contribution is -2.52. The fourth-order valence-corrected chi connectivity index (χ4v) is 5.44. The predicted octanol–water partition coefficient (Wildman–Crippen LogP) is 2.95. The molecule has 2 amide bonds. The van der Waals surface area contributed by atoms with E-state index in [2.05, 4.69) is 5.32 Å². The van der Waals surface area contributed by atoms with E-state index in [0.29, 0.717) is 28.8 Å². The summed E-state index contributed by atoms with van der Waals surface area (Å²) in [6.45, 7) is 1.40. The third-order valence-electron chi connectivity index (χ3n) is 6.08. The van der Waals surface area contributed by atoms with E-state index < -0.39 is 24.0 Å². The number of pyridine rings is 1. The predicted molar refractivity (Wildman–Crippen MR) is 137 cm³/mol. The van der Waals surface area contributed by atoms with Gasteiger partial charge in [0.05, 0.1) is 36.9 Å². The average molecular weight is 510 g/mol. The second-order valence-corrected chi connectivity index (χ2v) is 9.37. The molecule has 1 aliphatic rings. The molecule has 2 N–H and O–H groups in total. The summed E-state index contributed by atoms with van der Waals surface area (Å²) in [7, 11) is 3.18. The van der Waals surface area contributed by atoms with Crippen LogP contribution < -0.4 is 14.8 Å². The molecule has 2 atom stereocenters. The molecule has 0 unspecified atom stereocenters. The van der Waals surface area contributed by atoms with Gasteiger partial charge < -0.3 is 24.8 Å². The van der Waals surface area contributed by atoms with Crippen molar-refractivity contribution >= 4 is 40.4 Å². The highest BCUT2D eigenvalue weighted by Gasteiger charge is 2.35. The highest BCUT2D eigenvalue weighted by molar-refractivity contribution is 7.99. The van der Waals surface area contributed by atoms with Gasteiger partial charge in [0.15, 0.2) is 0 Å². The molecule has 36 heavy (non-hydrogen) atoms. The summed E-state index contributed by atoms with van der Waals surface area (Å²) in [5.41, 5.74) is 2.89. The number of carboxylic acid groups (broad SMARTS) is 1. The first-order valence-electron chi connectivity index (χ1n) is 11.3. The van der Waals surface area contributed by atoms with E-state index in [1.807, 2.05) is 42.5 Å². The highest BCUT2D eigenvalue weighted by Crippen LogP contribution is 2.37. The number of fused-ring (bicyclic) bond motifs is 1. The molecule has 1 saturated heterocycles. The van der Waals surface area contributed by atoms with Crippen molar-refractivity contribution in [1.82, 2.24) is 15.2 Å². The monoisotopic (exact) mass is 509 g/mol. The minimum absolute atomic E-state index is 0.0963. The van der Waals surface area contributed by atoms with Gasteiger partial charge in [0, 0.05) is 24.5 Å². The zero-order valence-electron chi connectivity index (χ0n) is 20.2. The lowest BCUT2D eigenvalue weighted by molar-refractivity contribution is -0.143. The van der Waals surface area contributed by atoms with E-state index in [-0.39, 0.29) is 12.3 Å². The summed E-state index contributed by atoms with van der Waals surface area (Å²) in [6, 6.07) is 13.0. The molecule has 3 aromatic rings. The number of methoxy groups -OCH3 is 2. The van der Waals surface area contributed by atoms with Crippen LogP contribution in [0.2, 0.25) is 0 Å². The van der Waals surface area contributed by atoms with Gasteiger partial charge in [0.2, 0.25) is 11.8 Å². The molecule has 1 aliphatic heterocycles. The minimum atomic E-state index is -1.14. The first kappa shape index (κ1) is 25.3. The molecule has 188 valence electrons. The summed E-state index contributed by atoms with van der Waals surface area (Å²) in [5.74, 6) is 0.341. The Hall–Kier alpha value is -3.79. The van der Waals surface area contributed by atoms with Gasteiger partial charge in [-0.25, -0.2) is 9.78 Å². The van der Waals surface area contributed by atoms with Gasteiger partial charge in [-0.2, -0.15) is 0 Å². The Morgan fingerprint density at radius 2 is 1.86 bits per heavy atom. The van der Waals surface area contributed by atoms with Crippen molar-refractivity contribution in [3.63, 3.8) is 0 Å². The number of carbonyl (C=O) groups is 3. The molecular weight excluding hydrogens is 482 g/mol. The summed E-state index contributed by atoms with van der Waals surface area (Å²) in [5, 5.41) is 13.2. The number of hydrogen-bond acceptors (Lipinski definition) is 7. The quantitative estimate of drug-likeness (QED) is 0.476. The van der Waals surface area contributed by atoms with Gasteiger partial charge in [-0.15, -0.1) is 11.8 Å². The van der Waals surface area contributed by atoms with Crippen molar-refractivity contribution in [1.29, 1.82) is 0 Å². The van der Waals surface area contributed by atoms with Crippen LogP contribution in [-0.4, -0.2) is 70.7 Å². The Labute approximate surface area is 212 Å². The van der Waals surface area contributed by atoms with Crippen molar-refractivity contribution in [3.8, 4) is 22.8 Å². The molecular formula is C26H27N3O6S. The largest absolute Gasteiger partial charge is 0.496 e. The maximum Gasteiger partial charge on any atom is 0.326 e. The van der Waals surface area contributed by atoms with Crippen LogP contribution in [0.25, 0.3) is 22.2 Å². The smallest absolute Gasteiger partial charge is 0.326 e. The van der Waals surface area contributed by atoms with E-state index in [9.17, 15) is 19.5 Å². The number of aliphatic carboxylic acids is 1. The maximum atomic E-state index is 12.7. The molecule has 0 bridgehead atoms. The number of nitrogens with one attached hydrogen (secondary N) is 1. The second-order valence-electron chi connectivity index (χ2n) is 8.37. The molecule has 10 heteroatoms. The molecule has 0 saturated carbocycles. The van der Waals surface area contributed by atoms with Gasteiger partial charge in [-0.05, 0) is 35.9 Å².